The summed E-state index contributed by atoms with van der Waals surface area (Å²) in [7, 11) is 0. The lowest BCUT2D eigenvalue weighted by atomic mass is 10.2. The molecule has 0 radical (unpaired) electrons. The molecule has 1 aromatic rings. The van der Waals surface area contributed by atoms with Crippen molar-refractivity contribution >= 4 is 6.08 Å². The maximum absolute atomic E-state index is 7.51. The summed E-state index contributed by atoms with van der Waals surface area (Å²) in [4.78, 5) is 0. The Bertz CT molecular complexity index is 341. The molecule has 1 rings (SSSR count). The highest BCUT2D eigenvalue weighted by molar-refractivity contribution is 5.48. The lowest BCUT2D eigenvalue weighted by molar-refractivity contribution is 1.42. The van der Waals surface area contributed by atoms with E-state index in [2.05, 4.69) is 37.4 Å². The van der Waals surface area contributed by atoms with E-state index >= 15 is 0 Å². The van der Waals surface area contributed by atoms with Crippen LogP contribution in [0.15, 0.2) is 61.7 Å². The highest BCUT2D eigenvalue weighted by atomic mass is 14.2. The van der Waals surface area contributed by atoms with Gasteiger partial charge in [0, 0.05) is 6.08 Å². The fourth-order valence-electron chi connectivity index (χ4n) is 0.864. The Labute approximate surface area is 91.7 Å². The number of nitriles is 1. The standard InChI is InChI=1S/C11H12.C3H3N/c1-2-3-5-8-11-9-6-4-7-10-11;1-2-3-4/h2,4-10H,1,3H2;2H,1H2. The van der Waals surface area contributed by atoms with Crippen molar-refractivity contribution in [1.29, 1.82) is 5.26 Å². The van der Waals surface area contributed by atoms with E-state index in [4.69, 9.17) is 5.26 Å². The molecule has 0 N–H and O–H groups in total. The Kier molecular flexibility index (Phi) is 8.63. The van der Waals surface area contributed by atoms with Gasteiger partial charge >= 0.3 is 0 Å². The molecule has 0 amide bonds. The average Bonchev–Trinajstić information content (AvgIpc) is 2.31. The minimum absolute atomic E-state index is 0.939. The van der Waals surface area contributed by atoms with Gasteiger partial charge in [-0.3, -0.25) is 0 Å². The van der Waals surface area contributed by atoms with E-state index in [0.29, 0.717) is 0 Å². The fraction of sp³-hybridized carbons (Fsp3) is 0.0714. The monoisotopic (exact) mass is 197 g/mol. The normalized spacial score (nSPS) is 8.47. The summed E-state index contributed by atoms with van der Waals surface area (Å²) in [5.74, 6) is 0. The Hall–Kier alpha value is -2.07. The molecule has 0 aliphatic carbocycles. The van der Waals surface area contributed by atoms with Gasteiger partial charge in [-0.2, -0.15) is 5.26 Å². The molecule has 0 aliphatic heterocycles. The van der Waals surface area contributed by atoms with Crippen LogP contribution >= 0.6 is 0 Å². The molecule has 0 saturated heterocycles. The summed E-state index contributed by atoms with van der Waals surface area (Å²) in [5.41, 5.74) is 1.24. The summed E-state index contributed by atoms with van der Waals surface area (Å²) in [6.07, 6.45) is 8.21. The van der Waals surface area contributed by atoms with Crippen molar-refractivity contribution < 1.29 is 0 Å². The predicted molar refractivity (Wildman–Crippen MR) is 66.1 cm³/mol. The third-order valence-corrected chi connectivity index (χ3v) is 1.50. The molecule has 0 aliphatic rings. The Morgan fingerprint density at radius 1 is 1.20 bits per heavy atom. The van der Waals surface area contributed by atoms with Crippen molar-refractivity contribution in [2.75, 3.05) is 0 Å². The second-order valence-corrected chi connectivity index (χ2v) is 2.67. The third-order valence-electron chi connectivity index (χ3n) is 1.50. The van der Waals surface area contributed by atoms with Gasteiger partial charge in [0.15, 0.2) is 0 Å². The van der Waals surface area contributed by atoms with Crippen molar-refractivity contribution in [2.24, 2.45) is 0 Å². The smallest absolute Gasteiger partial charge is 0.0905 e. The van der Waals surface area contributed by atoms with Gasteiger partial charge < -0.3 is 0 Å². The minimum atomic E-state index is 0.939. The molecule has 15 heavy (non-hydrogen) atoms. The molecule has 0 spiro atoms. The van der Waals surface area contributed by atoms with Crippen LogP contribution in [-0.2, 0) is 0 Å². The molecule has 76 valence electrons. The Balaban J connectivity index is 0.000000423. The number of allylic oxidation sites excluding steroid dienone is 3. The molecule has 1 heteroatoms. The quantitative estimate of drug-likeness (QED) is 0.531. The second-order valence-electron chi connectivity index (χ2n) is 2.67. The largest absolute Gasteiger partial charge is 0.193 e. The number of hydrogen-bond donors (Lipinski definition) is 0. The van der Waals surface area contributed by atoms with Crippen LogP contribution in [0.1, 0.15) is 12.0 Å². The van der Waals surface area contributed by atoms with Crippen molar-refractivity contribution in [3.63, 3.8) is 0 Å². The fourth-order valence-corrected chi connectivity index (χ4v) is 0.864. The van der Waals surface area contributed by atoms with Gasteiger partial charge in [-0.15, -0.1) is 6.58 Å². The van der Waals surface area contributed by atoms with Crippen molar-refractivity contribution in [3.8, 4) is 6.07 Å². The summed E-state index contributed by atoms with van der Waals surface area (Å²) >= 11 is 0. The molecule has 0 saturated carbocycles. The van der Waals surface area contributed by atoms with Gasteiger partial charge in [0.2, 0.25) is 0 Å². The first-order chi connectivity index (χ1) is 7.35. The molecular formula is C14H15N. The zero-order valence-corrected chi connectivity index (χ0v) is 8.76. The molecule has 1 nitrogen and oxygen atoms in total. The van der Waals surface area contributed by atoms with E-state index in [-0.39, 0.29) is 0 Å². The maximum Gasteiger partial charge on any atom is 0.0905 e. The van der Waals surface area contributed by atoms with Gasteiger partial charge in [0.25, 0.3) is 0 Å². The Morgan fingerprint density at radius 2 is 1.80 bits per heavy atom. The van der Waals surface area contributed by atoms with Gasteiger partial charge in [-0.1, -0.05) is 55.1 Å². The van der Waals surface area contributed by atoms with Crippen LogP contribution in [0.4, 0.5) is 0 Å². The average molecular weight is 197 g/mol. The highest BCUT2D eigenvalue weighted by Crippen LogP contribution is 2.01. The van der Waals surface area contributed by atoms with Gasteiger partial charge in [0.05, 0.1) is 6.07 Å². The topological polar surface area (TPSA) is 23.8 Å². The van der Waals surface area contributed by atoms with E-state index in [1.54, 1.807) is 6.07 Å². The zero-order chi connectivity index (χ0) is 11.4. The van der Waals surface area contributed by atoms with Crippen LogP contribution < -0.4 is 0 Å². The van der Waals surface area contributed by atoms with Crippen LogP contribution in [0, 0.1) is 11.3 Å². The van der Waals surface area contributed by atoms with E-state index in [1.165, 1.54) is 11.6 Å². The second kappa shape index (κ2) is 10.0. The summed E-state index contributed by atoms with van der Waals surface area (Å²) < 4.78 is 0. The van der Waals surface area contributed by atoms with Gasteiger partial charge in [0.1, 0.15) is 0 Å². The molecular weight excluding hydrogens is 182 g/mol. The summed E-state index contributed by atoms with van der Waals surface area (Å²) in [6.45, 7) is 6.76. The highest BCUT2D eigenvalue weighted by Gasteiger charge is 1.79. The third kappa shape index (κ3) is 8.27. The van der Waals surface area contributed by atoms with Crippen LogP contribution in [0.25, 0.3) is 6.08 Å². The minimum Gasteiger partial charge on any atom is -0.193 e. The van der Waals surface area contributed by atoms with Crippen LogP contribution in [-0.4, -0.2) is 0 Å². The molecule has 0 unspecified atom stereocenters. The van der Waals surface area contributed by atoms with Crippen molar-refractivity contribution in [1.82, 2.24) is 0 Å². The van der Waals surface area contributed by atoms with E-state index in [1.807, 2.05) is 24.3 Å². The van der Waals surface area contributed by atoms with Crippen LogP contribution in [0.5, 0.6) is 0 Å². The SMILES string of the molecule is C=CC#N.C=CCC=Cc1ccccc1. The molecule has 0 bridgehead atoms. The number of rotatable bonds is 3. The molecule has 0 heterocycles. The van der Waals surface area contributed by atoms with Crippen molar-refractivity contribution in [3.05, 3.63) is 67.3 Å². The number of hydrogen-bond acceptors (Lipinski definition) is 1. The lowest BCUT2D eigenvalue weighted by Crippen LogP contribution is -1.67. The number of benzene rings is 1. The molecule has 1 aromatic carbocycles. The van der Waals surface area contributed by atoms with E-state index in [9.17, 15) is 0 Å². The maximum atomic E-state index is 7.51. The first-order valence-electron chi connectivity index (χ1n) is 4.68. The summed E-state index contributed by atoms with van der Waals surface area (Å²) in [5, 5.41) is 7.51. The van der Waals surface area contributed by atoms with E-state index in [0.717, 1.165) is 6.42 Å². The van der Waals surface area contributed by atoms with E-state index < -0.39 is 0 Å². The lowest BCUT2D eigenvalue weighted by Gasteiger charge is -1.88. The Morgan fingerprint density at radius 3 is 2.27 bits per heavy atom. The van der Waals surface area contributed by atoms with Crippen LogP contribution in [0.3, 0.4) is 0 Å². The first kappa shape index (κ1) is 12.9. The van der Waals surface area contributed by atoms with Crippen LogP contribution in [0.2, 0.25) is 0 Å². The first-order valence-corrected chi connectivity index (χ1v) is 4.68. The van der Waals surface area contributed by atoms with Gasteiger partial charge in [-0.05, 0) is 12.0 Å². The summed E-state index contributed by atoms with van der Waals surface area (Å²) in [6, 6.07) is 11.9. The van der Waals surface area contributed by atoms with Crippen molar-refractivity contribution in [2.45, 2.75) is 6.42 Å². The molecule has 0 fully saturated rings. The predicted octanol–water partition coefficient (Wildman–Crippen LogP) is 3.97. The molecule has 0 aromatic heterocycles. The number of nitrogens with zero attached hydrogens (tertiary/aromatic N) is 1. The van der Waals surface area contributed by atoms with Gasteiger partial charge in [-0.25, -0.2) is 0 Å². The molecule has 0 atom stereocenters. The zero-order valence-electron chi connectivity index (χ0n) is 8.76.